The van der Waals surface area contributed by atoms with Crippen LogP contribution in [-0.4, -0.2) is 32.6 Å². The second-order valence-corrected chi connectivity index (χ2v) is 6.63. The highest BCUT2D eigenvalue weighted by molar-refractivity contribution is 5.93. The molecule has 0 saturated carbocycles. The first-order valence-electron chi connectivity index (χ1n) is 9.17. The Kier molecular flexibility index (Phi) is 6.16. The van der Waals surface area contributed by atoms with Crippen molar-refractivity contribution in [1.29, 1.82) is 0 Å². The summed E-state index contributed by atoms with van der Waals surface area (Å²) in [7, 11) is 0. The molecule has 1 aromatic heterocycles. The first-order valence-corrected chi connectivity index (χ1v) is 9.17. The summed E-state index contributed by atoms with van der Waals surface area (Å²) in [6, 6.07) is 13.9. The Hall–Kier alpha value is -3.06. The van der Waals surface area contributed by atoms with E-state index >= 15 is 0 Å². The number of nitrogens with zero attached hydrogens (tertiary/aromatic N) is 3. The third-order valence-electron chi connectivity index (χ3n) is 4.65. The lowest BCUT2D eigenvalue weighted by Gasteiger charge is -2.12. The van der Waals surface area contributed by atoms with Gasteiger partial charge in [-0.25, -0.2) is 9.07 Å². The molecule has 0 bridgehead atoms. The van der Waals surface area contributed by atoms with Gasteiger partial charge in [0, 0.05) is 6.54 Å². The molecule has 28 heavy (non-hydrogen) atoms. The number of halogens is 1. The summed E-state index contributed by atoms with van der Waals surface area (Å²) in [4.78, 5) is 12.4. The summed E-state index contributed by atoms with van der Waals surface area (Å²) in [5, 5.41) is 20.8. The first-order chi connectivity index (χ1) is 13.5. The van der Waals surface area contributed by atoms with Crippen LogP contribution in [0.15, 0.2) is 48.5 Å². The van der Waals surface area contributed by atoms with Crippen molar-refractivity contribution >= 4 is 5.91 Å². The van der Waals surface area contributed by atoms with Crippen LogP contribution in [-0.2, 0) is 13.0 Å². The molecule has 6 nitrogen and oxygen atoms in total. The van der Waals surface area contributed by atoms with E-state index in [0.717, 1.165) is 12.0 Å². The average Bonchev–Trinajstić information content (AvgIpc) is 3.06. The first kappa shape index (κ1) is 19.7. The van der Waals surface area contributed by atoms with E-state index in [1.54, 1.807) is 17.7 Å². The van der Waals surface area contributed by atoms with Crippen molar-refractivity contribution < 1.29 is 14.3 Å². The molecular weight excluding hydrogens is 359 g/mol. The molecule has 2 N–H and O–H groups in total. The molecule has 146 valence electrons. The number of rotatable bonds is 7. The van der Waals surface area contributed by atoms with E-state index in [1.807, 2.05) is 12.1 Å². The van der Waals surface area contributed by atoms with E-state index < -0.39 is 17.8 Å². The predicted octanol–water partition coefficient (Wildman–Crippen LogP) is 2.80. The Morgan fingerprint density at radius 2 is 1.93 bits per heavy atom. The minimum Gasteiger partial charge on any atom is -0.387 e. The summed E-state index contributed by atoms with van der Waals surface area (Å²) < 4.78 is 14.9. The molecule has 0 spiro atoms. The second-order valence-electron chi connectivity index (χ2n) is 6.63. The van der Waals surface area contributed by atoms with Gasteiger partial charge in [-0.3, -0.25) is 4.79 Å². The zero-order valence-corrected chi connectivity index (χ0v) is 15.9. The van der Waals surface area contributed by atoms with E-state index in [0.29, 0.717) is 17.8 Å². The number of aryl methyl sites for hydroxylation is 1. The largest absolute Gasteiger partial charge is 0.387 e. The SMILES string of the molecule is CCc1ccc(Cn2nnc(C(=O)NC[C@@H](O)c3cccc(F)c3)c2C)cc1. The molecule has 0 fully saturated rings. The summed E-state index contributed by atoms with van der Waals surface area (Å²) >= 11 is 0. The maximum Gasteiger partial charge on any atom is 0.273 e. The molecule has 0 unspecified atom stereocenters. The Labute approximate surface area is 163 Å². The van der Waals surface area contributed by atoms with Crippen molar-refractivity contribution in [2.45, 2.75) is 32.9 Å². The molecule has 1 atom stereocenters. The van der Waals surface area contributed by atoms with Crippen LogP contribution in [0.4, 0.5) is 4.39 Å². The van der Waals surface area contributed by atoms with Crippen molar-refractivity contribution in [3.63, 3.8) is 0 Å². The third-order valence-corrected chi connectivity index (χ3v) is 4.65. The van der Waals surface area contributed by atoms with Crippen LogP contribution in [0.2, 0.25) is 0 Å². The van der Waals surface area contributed by atoms with E-state index in [4.69, 9.17) is 0 Å². The maximum atomic E-state index is 13.2. The Morgan fingerprint density at radius 3 is 2.61 bits per heavy atom. The van der Waals surface area contributed by atoms with Crippen LogP contribution in [0.1, 0.15) is 45.9 Å². The normalized spacial score (nSPS) is 12.0. The standard InChI is InChI=1S/C21H23FN4O2/c1-3-15-7-9-16(10-8-15)13-26-14(2)20(24-25-26)21(28)23-12-19(27)17-5-4-6-18(22)11-17/h4-11,19,27H,3,12-13H2,1-2H3,(H,23,28)/t19-/m1/s1. The topological polar surface area (TPSA) is 80.0 Å². The van der Waals surface area contributed by atoms with Gasteiger partial charge >= 0.3 is 0 Å². The van der Waals surface area contributed by atoms with Crippen LogP contribution in [0.5, 0.6) is 0 Å². The molecule has 2 aromatic carbocycles. The zero-order chi connectivity index (χ0) is 20.1. The van der Waals surface area contributed by atoms with Gasteiger partial charge in [-0.2, -0.15) is 0 Å². The van der Waals surface area contributed by atoms with Gasteiger partial charge in [-0.15, -0.1) is 5.10 Å². The van der Waals surface area contributed by atoms with Crippen LogP contribution in [0.3, 0.4) is 0 Å². The van der Waals surface area contributed by atoms with Gasteiger partial charge in [0.15, 0.2) is 5.69 Å². The van der Waals surface area contributed by atoms with Gasteiger partial charge in [-0.1, -0.05) is 48.5 Å². The van der Waals surface area contributed by atoms with E-state index in [9.17, 15) is 14.3 Å². The number of carbonyl (C=O) groups is 1. The number of aliphatic hydroxyl groups is 1. The summed E-state index contributed by atoms with van der Waals surface area (Å²) in [5.74, 6) is -0.867. The van der Waals surface area contributed by atoms with E-state index in [1.165, 1.54) is 23.8 Å². The molecule has 1 amide bonds. The average molecular weight is 382 g/mol. The lowest BCUT2D eigenvalue weighted by atomic mass is 10.1. The minimum absolute atomic E-state index is 0.0485. The molecule has 0 radical (unpaired) electrons. The van der Waals surface area contributed by atoms with Gasteiger partial charge in [0.1, 0.15) is 5.82 Å². The van der Waals surface area contributed by atoms with E-state index in [-0.39, 0.29) is 12.2 Å². The van der Waals surface area contributed by atoms with E-state index in [2.05, 4.69) is 34.7 Å². The highest BCUT2D eigenvalue weighted by Crippen LogP contribution is 2.14. The smallest absolute Gasteiger partial charge is 0.273 e. The number of nitrogens with one attached hydrogen (secondary N) is 1. The van der Waals surface area contributed by atoms with Crippen LogP contribution in [0.25, 0.3) is 0 Å². The zero-order valence-electron chi connectivity index (χ0n) is 15.9. The lowest BCUT2D eigenvalue weighted by molar-refractivity contribution is 0.0910. The summed E-state index contributed by atoms with van der Waals surface area (Å²) in [5.41, 5.74) is 3.57. The van der Waals surface area contributed by atoms with Gasteiger partial charge in [0.05, 0.1) is 18.3 Å². The molecule has 1 heterocycles. The van der Waals surface area contributed by atoms with Crippen molar-refractivity contribution in [2.24, 2.45) is 0 Å². The van der Waals surface area contributed by atoms with Crippen molar-refractivity contribution in [1.82, 2.24) is 20.3 Å². The molecule has 0 aliphatic carbocycles. The second kappa shape index (κ2) is 8.75. The molecular formula is C21H23FN4O2. The fraction of sp³-hybridized carbons (Fsp3) is 0.286. The van der Waals surface area contributed by atoms with Gasteiger partial charge < -0.3 is 10.4 Å². The maximum absolute atomic E-state index is 13.2. The lowest BCUT2D eigenvalue weighted by Crippen LogP contribution is -2.29. The van der Waals surface area contributed by atoms with Crippen LogP contribution >= 0.6 is 0 Å². The van der Waals surface area contributed by atoms with Crippen molar-refractivity contribution in [3.05, 3.63) is 82.4 Å². The monoisotopic (exact) mass is 382 g/mol. The van der Waals surface area contributed by atoms with Crippen LogP contribution in [0, 0.1) is 12.7 Å². The molecule has 0 aliphatic heterocycles. The number of aliphatic hydroxyl groups excluding tert-OH is 1. The fourth-order valence-electron chi connectivity index (χ4n) is 2.88. The highest BCUT2D eigenvalue weighted by Gasteiger charge is 2.18. The molecule has 0 aliphatic rings. The number of carbonyl (C=O) groups excluding carboxylic acids is 1. The quantitative estimate of drug-likeness (QED) is 0.659. The number of hydrogen-bond donors (Lipinski definition) is 2. The minimum atomic E-state index is -1.01. The number of aromatic nitrogens is 3. The van der Waals surface area contributed by atoms with Crippen molar-refractivity contribution in [3.8, 4) is 0 Å². The van der Waals surface area contributed by atoms with Crippen molar-refractivity contribution in [2.75, 3.05) is 6.54 Å². The Morgan fingerprint density at radius 1 is 1.21 bits per heavy atom. The number of hydrogen-bond acceptors (Lipinski definition) is 4. The Balaban J connectivity index is 1.62. The number of amides is 1. The summed E-state index contributed by atoms with van der Waals surface area (Å²) in [6.07, 6.45) is -0.0268. The molecule has 3 rings (SSSR count). The van der Waals surface area contributed by atoms with Crippen LogP contribution < -0.4 is 5.32 Å². The molecule has 7 heteroatoms. The predicted molar refractivity (Wildman–Crippen MR) is 103 cm³/mol. The number of benzene rings is 2. The van der Waals surface area contributed by atoms with Gasteiger partial charge in [0.25, 0.3) is 5.91 Å². The third kappa shape index (κ3) is 4.61. The van der Waals surface area contributed by atoms with Gasteiger partial charge in [-0.05, 0) is 42.2 Å². The molecule has 3 aromatic rings. The van der Waals surface area contributed by atoms with Gasteiger partial charge in [0.2, 0.25) is 0 Å². The Bertz CT molecular complexity index is 953. The molecule has 0 saturated heterocycles. The summed E-state index contributed by atoms with van der Waals surface area (Å²) in [6.45, 7) is 4.35. The highest BCUT2D eigenvalue weighted by atomic mass is 19.1. The fourth-order valence-corrected chi connectivity index (χ4v) is 2.88.